The first-order valence-electron chi connectivity index (χ1n) is 7.28. The first kappa shape index (κ1) is 14.7. The van der Waals surface area contributed by atoms with Gasteiger partial charge >= 0.3 is 0 Å². The second-order valence-electron chi connectivity index (χ2n) is 5.72. The Morgan fingerprint density at radius 3 is 2.84 bits per heavy atom. The molecule has 106 valence electrons. The van der Waals surface area contributed by atoms with Gasteiger partial charge in [-0.2, -0.15) is 0 Å². The van der Waals surface area contributed by atoms with Gasteiger partial charge in [-0.3, -0.25) is 0 Å². The van der Waals surface area contributed by atoms with Crippen LogP contribution in [0.2, 0.25) is 5.02 Å². The van der Waals surface area contributed by atoms with Crippen molar-refractivity contribution in [1.29, 1.82) is 0 Å². The lowest BCUT2D eigenvalue weighted by molar-refractivity contribution is 0.0994. The van der Waals surface area contributed by atoms with Crippen LogP contribution in [0.5, 0.6) is 5.75 Å². The summed E-state index contributed by atoms with van der Waals surface area (Å²) in [4.78, 5) is 0. The van der Waals surface area contributed by atoms with Crippen LogP contribution in [0.3, 0.4) is 0 Å². The molecule has 2 N–H and O–H groups in total. The highest BCUT2D eigenvalue weighted by Gasteiger charge is 2.29. The first-order valence-corrected chi connectivity index (χ1v) is 7.66. The van der Waals surface area contributed by atoms with Crippen molar-refractivity contribution >= 4 is 11.6 Å². The molecule has 1 aromatic rings. The quantitative estimate of drug-likeness (QED) is 0.892. The Kier molecular flexibility index (Phi) is 5.12. The van der Waals surface area contributed by atoms with Crippen molar-refractivity contribution in [2.45, 2.75) is 58.1 Å². The Balaban J connectivity index is 2.03. The summed E-state index contributed by atoms with van der Waals surface area (Å²) in [7, 11) is 0. The fourth-order valence-corrected chi connectivity index (χ4v) is 3.19. The maximum absolute atomic E-state index is 6.23. The Bertz CT molecular complexity index is 421. The van der Waals surface area contributed by atoms with Crippen LogP contribution in [0.1, 0.15) is 44.6 Å². The van der Waals surface area contributed by atoms with Crippen molar-refractivity contribution in [1.82, 2.24) is 0 Å². The zero-order valence-electron chi connectivity index (χ0n) is 11.9. The second kappa shape index (κ2) is 6.62. The Morgan fingerprint density at radius 2 is 2.16 bits per heavy atom. The highest BCUT2D eigenvalue weighted by atomic mass is 35.5. The minimum absolute atomic E-state index is 0.102. The van der Waals surface area contributed by atoms with Gasteiger partial charge < -0.3 is 10.5 Å². The van der Waals surface area contributed by atoms with Crippen molar-refractivity contribution in [3.63, 3.8) is 0 Å². The third-order valence-electron chi connectivity index (χ3n) is 4.01. The molecule has 0 bridgehead atoms. The smallest absolute Gasteiger partial charge is 0.138 e. The molecule has 0 saturated heterocycles. The molecule has 1 saturated carbocycles. The third kappa shape index (κ3) is 3.87. The average Bonchev–Trinajstić information content (AvgIpc) is 2.37. The highest BCUT2D eigenvalue weighted by Crippen LogP contribution is 2.33. The Hall–Kier alpha value is -0.730. The molecule has 3 heteroatoms. The van der Waals surface area contributed by atoms with E-state index in [-0.39, 0.29) is 12.1 Å². The standard InChI is InChI=1S/C16H24ClNO/c1-3-4-12-6-7-14(18)16(10-12)19-15-8-5-11(2)9-13(15)17/h5,8-9,12,14,16H,3-4,6-7,10,18H2,1-2H3. The van der Waals surface area contributed by atoms with E-state index in [1.807, 2.05) is 25.1 Å². The van der Waals surface area contributed by atoms with Gasteiger partial charge in [0.25, 0.3) is 0 Å². The van der Waals surface area contributed by atoms with Crippen molar-refractivity contribution < 1.29 is 4.74 Å². The molecule has 2 nitrogen and oxygen atoms in total. The maximum atomic E-state index is 6.23. The SMILES string of the molecule is CCCC1CCC(N)C(Oc2ccc(C)cc2Cl)C1. The van der Waals surface area contributed by atoms with Gasteiger partial charge in [-0.05, 0) is 49.8 Å². The van der Waals surface area contributed by atoms with Crippen LogP contribution in [0, 0.1) is 12.8 Å². The van der Waals surface area contributed by atoms with Crippen molar-refractivity contribution in [3.05, 3.63) is 28.8 Å². The summed E-state index contributed by atoms with van der Waals surface area (Å²) in [6, 6.07) is 6.05. The molecule has 1 fully saturated rings. The number of aryl methyl sites for hydroxylation is 1. The molecule has 0 radical (unpaired) electrons. The molecule has 19 heavy (non-hydrogen) atoms. The van der Waals surface area contributed by atoms with Gasteiger partial charge in [-0.1, -0.05) is 37.4 Å². The van der Waals surface area contributed by atoms with Crippen LogP contribution >= 0.6 is 11.6 Å². The molecule has 1 aliphatic rings. The predicted octanol–water partition coefficient (Wildman–Crippen LogP) is 4.32. The van der Waals surface area contributed by atoms with E-state index in [0.29, 0.717) is 5.02 Å². The van der Waals surface area contributed by atoms with Gasteiger partial charge in [0.1, 0.15) is 11.9 Å². The summed E-state index contributed by atoms with van der Waals surface area (Å²) >= 11 is 6.23. The normalized spacial score (nSPS) is 27.3. The fourth-order valence-electron chi connectivity index (χ4n) is 2.91. The molecule has 0 amide bonds. The first-order chi connectivity index (χ1) is 9.10. The molecule has 3 atom stereocenters. The summed E-state index contributed by atoms with van der Waals surface area (Å²) in [5.74, 6) is 1.52. The lowest BCUT2D eigenvalue weighted by Gasteiger charge is -2.34. The lowest BCUT2D eigenvalue weighted by Crippen LogP contribution is -2.43. The molecule has 0 heterocycles. The zero-order valence-corrected chi connectivity index (χ0v) is 12.6. The van der Waals surface area contributed by atoms with Crippen molar-refractivity contribution in [2.75, 3.05) is 0 Å². The van der Waals surface area contributed by atoms with Crippen molar-refractivity contribution in [2.24, 2.45) is 11.7 Å². The van der Waals surface area contributed by atoms with E-state index >= 15 is 0 Å². The summed E-state index contributed by atoms with van der Waals surface area (Å²) in [6.07, 6.45) is 5.95. The van der Waals surface area contributed by atoms with Gasteiger partial charge in [-0.25, -0.2) is 0 Å². The van der Waals surface area contributed by atoms with Crippen LogP contribution in [-0.2, 0) is 0 Å². The van der Waals surface area contributed by atoms with Gasteiger partial charge in [-0.15, -0.1) is 0 Å². The second-order valence-corrected chi connectivity index (χ2v) is 6.13. The Morgan fingerprint density at radius 1 is 1.37 bits per heavy atom. The van der Waals surface area contributed by atoms with Gasteiger partial charge in [0.2, 0.25) is 0 Å². The molecule has 0 spiro atoms. The summed E-state index contributed by atoms with van der Waals surface area (Å²) in [6.45, 7) is 4.26. The van der Waals surface area contributed by atoms with Gasteiger partial charge in [0, 0.05) is 6.04 Å². The lowest BCUT2D eigenvalue weighted by atomic mass is 9.82. The van der Waals surface area contributed by atoms with E-state index in [0.717, 1.165) is 30.1 Å². The minimum atomic E-state index is 0.102. The Labute approximate surface area is 121 Å². The summed E-state index contributed by atoms with van der Waals surface area (Å²) in [5.41, 5.74) is 7.34. The summed E-state index contributed by atoms with van der Waals surface area (Å²) in [5, 5.41) is 0.685. The number of hydrogen-bond donors (Lipinski definition) is 1. The number of halogens is 1. The molecular weight excluding hydrogens is 258 g/mol. The average molecular weight is 282 g/mol. The van der Waals surface area contributed by atoms with Crippen LogP contribution < -0.4 is 10.5 Å². The third-order valence-corrected chi connectivity index (χ3v) is 4.31. The molecule has 0 aromatic heterocycles. The van der Waals surface area contributed by atoms with Gasteiger partial charge in [0.15, 0.2) is 0 Å². The van der Waals surface area contributed by atoms with E-state index < -0.39 is 0 Å². The number of rotatable bonds is 4. The van der Waals surface area contributed by atoms with E-state index in [9.17, 15) is 0 Å². The van der Waals surface area contributed by atoms with E-state index in [1.165, 1.54) is 19.3 Å². The number of ether oxygens (including phenoxy) is 1. The number of benzene rings is 1. The minimum Gasteiger partial charge on any atom is -0.487 e. The van der Waals surface area contributed by atoms with E-state index in [2.05, 4.69) is 6.92 Å². The van der Waals surface area contributed by atoms with E-state index in [1.54, 1.807) is 0 Å². The molecule has 1 aliphatic carbocycles. The zero-order chi connectivity index (χ0) is 13.8. The molecule has 1 aromatic carbocycles. The van der Waals surface area contributed by atoms with Gasteiger partial charge in [0.05, 0.1) is 5.02 Å². The van der Waals surface area contributed by atoms with Crippen LogP contribution in [-0.4, -0.2) is 12.1 Å². The largest absolute Gasteiger partial charge is 0.487 e. The summed E-state index contributed by atoms with van der Waals surface area (Å²) < 4.78 is 6.07. The molecule has 2 rings (SSSR count). The molecular formula is C16H24ClNO. The van der Waals surface area contributed by atoms with Crippen molar-refractivity contribution in [3.8, 4) is 5.75 Å². The van der Waals surface area contributed by atoms with Crippen LogP contribution in [0.25, 0.3) is 0 Å². The van der Waals surface area contributed by atoms with Crippen LogP contribution in [0.4, 0.5) is 0 Å². The number of hydrogen-bond acceptors (Lipinski definition) is 2. The maximum Gasteiger partial charge on any atom is 0.138 e. The molecule has 0 aliphatic heterocycles. The van der Waals surface area contributed by atoms with Crippen LogP contribution in [0.15, 0.2) is 18.2 Å². The molecule has 3 unspecified atom stereocenters. The predicted molar refractivity (Wildman–Crippen MR) is 80.8 cm³/mol. The van der Waals surface area contributed by atoms with E-state index in [4.69, 9.17) is 22.1 Å². The highest BCUT2D eigenvalue weighted by molar-refractivity contribution is 6.32. The number of nitrogens with two attached hydrogens (primary N) is 1. The fraction of sp³-hybridized carbons (Fsp3) is 0.625. The topological polar surface area (TPSA) is 35.2 Å². The monoisotopic (exact) mass is 281 g/mol.